The van der Waals surface area contributed by atoms with Crippen molar-refractivity contribution in [2.75, 3.05) is 25.7 Å². The number of nitrogens with zero attached hydrogens (tertiary/aromatic N) is 3. The van der Waals surface area contributed by atoms with Crippen LogP contribution >= 0.6 is 0 Å². The predicted molar refractivity (Wildman–Crippen MR) is 68.2 cm³/mol. The standard InChI is InChI=1S/C11H17N3O4S/c1-18-10-6-13(11(15)8-19(2,16)17)5-9-3-4-12-14(9)7-10/h3-4,10H,5-8H2,1-2H3/t10-/m0/s1. The van der Waals surface area contributed by atoms with Gasteiger partial charge in [0.05, 0.1) is 24.9 Å². The van der Waals surface area contributed by atoms with Gasteiger partial charge in [-0.3, -0.25) is 9.48 Å². The predicted octanol–water partition coefficient (Wildman–Crippen LogP) is -0.715. The van der Waals surface area contributed by atoms with Crippen molar-refractivity contribution >= 4 is 15.7 Å². The molecule has 1 aliphatic heterocycles. The van der Waals surface area contributed by atoms with Crippen LogP contribution in [0.4, 0.5) is 0 Å². The molecule has 0 saturated heterocycles. The summed E-state index contributed by atoms with van der Waals surface area (Å²) in [5.41, 5.74) is 0.876. The van der Waals surface area contributed by atoms with E-state index in [0.29, 0.717) is 19.6 Å². The lowest BCUT2D eigenvalue weighted by Gasteiger charge is -2.23. The van der Waals surface area contributed by atoms with Gasteiger partial charge in [0, 0.05) is 26.1 Å². The summed E-state index contributed by atoms with van der Waals surface area (Å²) in [5.74, 6) is -0.878. The zero-order valence-corrected chi connectivity index (χ0v) is 11.8. The number of methoxy groups -OCH3 is 1. The molecule has 0 saturated carbocycles. The van der Waals surface area contributed by atoms with Gasteiger partial charge < -0.3 is 9.64 Å². The lowest BCUT2D eigenvalue weighted by molar-refractivity contribution is -0.130. The van der Waals surface area contributed by atoms with E-state index >= 15 is 0 Å². The Balaban J connectivity index is 2.19. The van der Waals surface area contributed by atoms with E-state index in [-0.39, 0.29) is 6.10 Å². The van der Waals surface area contributed by atoms with Crippen LogP contribution in [-0.4, -0.2) is 60.8 Å². The molecule has 1 aromatic rings. The molecule has 2 heterocycles. The van der Waals surface area contributed by atoms with Crippen LogP contribution in [0.25, 0.3) is 0 Å². The minimum absolute atomic E-state index is 0.190. The van der Waals surface area contributed by atoms with Crippen molar-refractivity contribution in [3.8, 4) is 0 Å². The first-order valence-corrected chi connectivity index (χ1v) is 7.94. The number of hydrogen-bond donors (Lipinski definition) is 0. The van der Waals surface area contributed by atoms with Crippen LogP contribution in [0.15, 0.2) is 12.3 Å². The molecule has 1 aliphatic rings. The van der Waals surface area contributed by atoms with Crippen LogP contribution in [0.3, 0.4) is 0 Å². The summed E-state index contributed by atoms with van der Waals surface area (Å²) in [6, 6.07) is 1.82. The molecule has 1 aromatic heterocycles. The first-order chi connectivity index (χ1) is 8.89. The van der Waals surface area contributed by atoms with E-state index in [1.54, 1.807) is 18.0 Å². The zero-order chi connectivity index (χ0) is 14.0. The maximum absolute atomic E-state index is 12.0. The van der Waals surface area contributed by atoms with Gasteiger partial charge >= 0.3 is 0 Å². The summed E-state index contributed by atoms with van der Waals surface area (Å²) < 4.78 is 29.5. The molecule has 0 N–H and O–H groups in total. The second-order valence-corrected chi connectivity index (χ2v) is 6.85. The minimum Gasteiger partial charge on any atom is -0.378 e. The van der Waals surface area contributed by atoms with Gasteiger partial charge in [0.1, 0.15) is 5.75 Å². The number of fused-ring (bicyclic) bond motifs is 1. The number of aromatic nitrogens is 2. The SMILES string of the molecule is CO[C@H]1CN(C(=O)CS(C)(=O)=O)Cc2ccnn2C1. The highest BCUT2D eigenvalue weighted by molar-refractivity contribution is 7.91. The highest BCUT2D eigenvalue weighted by Gasteiger charge is 2.26. The maximum atomic E-state index is 12.0. The van der Waals surface area contributed by atoms with E-state index in [4.69, 9.17) is 4.74 Å². The Morgan fingerprint density at radius 3 is 2.89 bits per heavy atom. The molecule has 0 aromatic carbocycles. The number of hydrogen-bond acceptors (Lipinski definition) is 5. The highest BCUT2D eigenvalue weighted by Crippen LogP contribution is 2.13. The summed E-state index contributed by atoms with van der Waals surface area (Å²) in [6.07, 6.45) is 2.53. The number of carbonyl (C=O) groups excluding carboxylic acids is 1. The fraction of sp³-hybridized carbons (Fsp3) is 0.636. The number of amides is 1. The normalized spacial score (nSPS) is 19.9. The molecule has 0 radical (unpaired) electrons. The van der Waals surface area contributed by atoms with E-state index in [9.17, 15) is 13.2 Å². The second-order valence-electron chi connectivity index (χ2n) is 4.71. The smallest absolute Gasteiger partial charge is 0.238 e. The fourth-order valence-electron chi connectivity index (χ4n) is 2.07. The Kier molecular flexibility index (Phi) is 3.91. The van der Waals surface area contributed by atoms with Crippen molar-refractivity contribution in [3.63, 3.8) is 0 Å². The Labute approximate surface area is 112 Å². The Bertz CT molecular complexity index is 566. The van der Waals surface area contributed by atoms with Crippen LogP contribution in [0, 0.1) is 0 Å². The lowest BCUT2D eigenvalue weighted by atomic mass is 10.3. The van der Waals surface area contributed by atoms with Crippen molar-refractivity contribution in [1.82, 2.24) is 14.7 Å². The summed E-state index contributed by atoms with van der Waals surface area (Å²) in [7, 11) is -1.76. The number of ether oxygens (including phenoxy) is 1. The van der Waals surface area contributed by atoms with Crippen LogP contribution in [0.1, 0.15) is 5.69 Å². The van der Waals surface area contributed by atoms with Gasteiger partial charge in [-0.1, -0.05) is 0 Å². The molecule has 1 atom stereocenters. The molecular formula is C11H17N3O4S. The molecule has 0 fully saturated rings. The van der Waals surface area contributed by atoms with Gasteiger partial charge in [-0.05, 0) is 6.07 Å². The van der Waals surface area contributed by atoms with Gasteiger partial charge in [-0.2, -0.15) is 5.10 Å². The Hall–Kier alpha value is -1.41. The molecule has 1 amide bonds. The Morgan fingerprint density at radius 2 is 2.26 bits per heavy atom. The molecule has 0 aliphatic carbocycles. The fourth-order valence-corrected chi connectivity index (χ4v) is 2.70. The average Bonchev–Trinajstić information content (AvgIpc) is 2.64. The molecule has 19 heavy (non-hydrogen) atoms. The number of sulfone groups is 1. The zero-order valence-electron chi connectivity index (χ0n) is 10.9. The van der Waals surface area contributed by atoms with E-state index in [0.717, 1.165) is 11.9 Å². The van der Waals surface area contributed by atoms with Crippen molar-refractivity contribution < 1.29 is 17.9 Å². The number of rotatable bonds is 3. The second kappa shape index (κ2) is 5.30. The number of carbonyl (C=O) groups is 1. The van der Waals surface area contributed by atoms with Crippen LogP contribution in [-0.2, 0) is 32.5 Å². The highest BCUT2D eigenvalue weighted by atomic mass is 32.2. The largest absolute Gasteiger partial charge is 0.378 e. The third-order valence-electron chi connectivity index (χ3n) is 3.03. The van der Waals surface area contributed by atoms with Gasteiger partial charge in [0.2, 0.25) is 5.91 Å². The van der Waals surface area contributed by atoms with Gasteiger partial charge in [-0.25, -0.2) is 8.42 Å². The van der Waals surface area contributed by atoms with Crippen molar-refractivity contribution in [2.24, 2.45) is 0 Å². The van der Waals surface area contributed by atoms with Gasteiger partial charge in [-0.15, -0.1) is 0 Å². The molecule has 0 bridgehead atoms. The first kappa shape index (κ1) is 14.0. The van der Waals surface area contributed by atoms with E-state index in [2.05, 4.69) is 5.10 Å². The average molecular weight is 287 g/mol. The molecule has 106 valence electrons. The monoisotopic (exact) mass is 287 g/mol. The molecular weight excluding hydrogens is 270 g/mol. The molecule has 2 rings (SSSR count). The van der Waals surface area contributed by atoms with Crippen LogP contribution in [0.5, 0.6) is 0 Å². The van der Waals surface area contributed by atoms with E-state index in [1.807, 2.05) is 6.07 Å². The van der Waals surface area contributed by atoms with Crippen molar-refractivity contribution in [3.05, 3.63) is 18.0 Å². The summed E-state index contributed by atoms with van der Waals surface area (Å²) >= 11 is 0. The van der Waals surface area contributed by atoms with Crippen LogP contribution in [0.2, 0.25) is 0 Å². The van der Waals surface area contributed by atoms with E-state index in [1.165, 1.54) is 4.90 Å². The molecule has 8 heteroatoms. The maximum Gasteiger partial charge on any atom is 0.238 e. The van der Waals surface area contributed by atoms with Crippen LogP contribution < -0.4 is 0 Å². The molecule has 7 nitrogen and oxygen atoms in total. The van der Waals surface area contributed by atoms with Crippen molar-refractivity contribution in [1.29, 1.82) is 0 Å². The summed E-state index contributed by atoms with van der Waals surface area (Å²) in [6.45, 7) is 1.28. The lowest BCUT2D eigenvalue weighted by Crippen LogP contribution is -2.39. The first-order valence-electron chi connectivity index (χ1n) is 5.88. The summed E-state index contributed by atoms with van der Waals surface area (Å²) in [4.78, 5) is 13.5. The third kappa shape index (κ3) is 3.54. The van der Waals surface area contributed by atoms with E-state index < -0.39 is 21.5 Å². The quantitative estimate of drug-likeness (QED) is 0.733. The third-order valence-corrected chi connectivity index (χ3v) is 3.80. The van der Waals surface area contributed by atoms with Crippen molar-refractivity contribution in [2.45, 2.75) is 19.2 Å². The summed E-state index contributed by atoms with van der Waals surface area (Å²) in [5, 5.41) is 4.16. The molecule has 0 spiro atoms. The molecule has 0 unspecified atom stereocenters. The van der Waals surface area contributed by atoms with Gasteiger partial charge in [0.15, 0.2) is 9.84 Å². The minimum atomic E-state index is -3.33. The Morgan fingerprint density at radius 1 is 1.53 bits per heavy atom. The topological polar surface area (TPSA) is 81.5 Å². The van der Waals surface area contributed by atoms with Gasteiger partial charge in [0.25, 0.3) is 0 Å².